The van der Waals surface area contributed by atoms with E-state index in [-0.39, 0.29) is 0 Å². The van der Waals surface area contributed by atoms with Gasteiger partial charge in [-0.25, -0.2) is 9.97 Å². The van der Waals surface area contributed by atoms with E-state index in [9.17, 15) is 4.79 Å². The van der Waals surface area contributed by atoms with Gasteiger partial charge < -0.3 is 5.11 Å². The summed E-state index contributed by atoms with van der Waals surface area (Å²) in [5.74, 6) is -0.877. The van der Waals surface area contributed by atoms with Crippen molar-refractivity contribution in [1.29, 1.82) is 0 Å². The molecule has 0 aliphatic rings. The number of hydrogen-bond acceptors (Lipinski definition) is 3. The molecule has 0 aromatic carbocycles. The van der Waals surface area contributed by atoms with E-state index in [0.29, 0.717) is 5.69 Å². The van der Waals surface area contributed by atoms with Gasteiger partial charge in [0.25, 0.3) is 0 Å². The van der Waals surface area contributed by atoms with Gasteiger partial charge in [0, 0.05) is 5.69 Å². The molecule has 1 aromatic heterocycles. The van der Waals surface area contributed by atoms with Crippen molar-refractivity contribution >= 4 is 5.97 Å². The molecule has 14 heavy (non-hydrogen) atoms. The van der Waals surface area contributed by atoms with Gasteiger partial charge in [-0.05, 0) is 26.3 Å². The maximum atomic E-state index is 11.0. The molecule has 76 valence electrons. The van der Waals surface area contributed by atoms with Gasteiger partial charge in [0.2, 0.25) is 0 Å². The fraction of sp³-hybridized carbons (Fsp3) is 0.500. The van der Waals surface area contributed by atoms with Gasteiger partial charge in [-0.3, -0.25) is 4.79 Å². The first kappa shape index (κ1) is 10.6. The predicted octanol–water partition coefficient (Wildman–Crippen LogP) is 1.40. The second-order valence-electron chi connectivity index (χ2n) is 3.68. The molecule has 1 N–H and O–H groups in total. The van der Waals surface area contributed by atoms with Crippen LogP contribution in [-0.4, -0.2) is 21.0 Å². The summed E-state index contributed by atoms with van der Waals surface area (Å²) >= 11 is 0. The summed E-state index contributed by atoms with van der Waals surface area (Å²) in [7, 11) is 0. The van der Waals surface area contributed by atoms with Gasteiger partial charge in [-0.15, -0.1) is 0 Å². The Labute approximate surface area is 83.0 Å². The number of aromatic nitrogens is 2. The van der Waals surface area contributed by atoms with Gasteiger partial charge in [-0.2, -0.15) is 0 Å². The highest BCUT2D eigenvalue weighted by Gasteiger charge is 2.31. The van der Waals surface area contributed by atoms with Crippen molar-refractivity contribution in [1.82, 2.24) is 9.97 Å². The lowest BCUT2D eigenvalue weighted by atomic mass is 9.89. The van der Waals surface area contributed by atoms with Crippen LogP contribution in [0.2, 0.25) is 0 Å². The second kappa shape index (κ2) is 3.74. The first-order valence-electron chi connectivity index (χ1n) is 4.53. The highest BCUT2D eigenvalue weighted by Crippen LogP contribution is 2.21. The summed E-state index contributed by atoms with van der Waals surface area (Å²) < 4.78 is 0. The predicted molar refractivity (Wildman–Crippen MR) is 52.1 cm³/mol. The number of rotatable bonds is 3. The Balaban J connectivity index is 3.12. The minimum Gasteiger partial charge on any atom is -0.481 e. The fourth-order valence-electron chi connectivity index (χ4n) is 1.04. The zero-order valence-corrected chi connectivity index (χ0v) is 8.61. The van der Waals surface area contributed by atoms with Crippen LogP contribution in [0.5, 0.6) is 0 Å². The van der Waals surface area contributed by atoms with Crippen molar-refractivity contribution in [3.63, 3.8) is 0 Å². The van der Waals surface area contributed by atoms with Crippen LogP contribution < -0.4 is 0 Å². The zero-order valence-electron chi connectivity index (χ0n) is 8.61. The lowest BCUT2D eigenvalue weighted by Crippen LogP contribution is -2.29. The molecule has 4 nitrogen and oxygen atoms in total. The summed E-state index contributed by atoms with van der Waals surface area (Å²) in [6.07, 6.45) is 2.20. The Morgan fingerprint density at radius 1 is 1.50 bits per heavy atom. The maximum absolute atomic E-state index is 11.0. The standard InChI is InChI=1S/C10H14N2O2/c1-4-7-5-8(12-6-11-7)10(2,3)9(13)14/h5-6H,4H2,1-3H3,(H,13,14). The Hall–Kier alpha value is -1.45. The second-order valence-corrected chi connectivity index (χ2v) is 3.68. The third-order valence-corrected chi connectivity index (χ3v) is 2.26. The molecule has 0 amide bonds. The molecular formula is C10H14N2O2. The van der Waals surface area contributed by atoms with E-state index in [1.807, 2.05) is 6.92 Å². The Morgan fingerprint density at radius 2 is 2.14 bits per heavy atom. The van der Waals surface area contributed by atoms with Crippen molar-refractivity contribution in [3.8, 4) is 0 Å². The first-order chi connectivity index (χ1) is 6.48. The van der Waals surface area contributed by atoms with Crippen molar-refractivity contribution in [2.75, 3.05) is 0 Å². The number of carbonyl (C=O) groups is 1. The molecule has 0 bridgehead atoms. The molecule has 0 aliphatic heterocycles. The quantitative estimate of drug-likeness (QED) is 0.790. The van der Waals surface area contributed by atoms with Crippen molar-refractivity contribution in [2.45, 2.75) is 32.6 Å². The van der Waals surface area contributed by atoms with Crippen molar-refractivity contribution in [2.24, 2.45) is 0 Å². The number of carboxylic acids is 1. The highest BCUT2D eigenvalue weighted by atomic mass is 16.4. The first-order valence-corrected chi connectivity index (χ1v) is 4.53. The van der Waals surface area contributed by atoms with Crippen LogP contribution in [0, 0.1) is 0 Å². The molecule has 0 atom stereocenters. The lowest BCUT2D eigenvalue weighted by Gasteiger charge is -2.18. The number of hydrogen-bond donors (Lipinski definition) is 1. The third kappa shape index (κ3) is 1.89. The molecule has 1 heterocycles. The molecule has 1 rings (SSSR count). The smallest absolute Gasteiger partial charge is 0.315 e. The Morgan fingerprint density at radius 3 is 2.64 bits per heavy atom. The van der Waals surface area contributed by atoms with Gasteiger partial charge in [0.1, 0.15) is 11.7 Å². The number of nitrogens with zero attached hydrogens (tertiary/aromatic N) is 2. The molecule has 0 aliphatic carbocycles. The third-order valence-electron chi connectivity index (χ3n) is 2.26. The van der Waals surface area contributed by atoms with E-state index in [1.54, 1.807) is 19.9 Å². The number of aliphatic carboxylic acids is 1. The van der Waals surface area contributed by atoms with Crippen LogP contribution in [0.1, 0.15) is 32.2 Å². The molecule has 4 heteroatoms. The topological polar surface area (TPSA) is 63.1 Å². The normalized spacial score (nSPS) is 11.4. The van der Waals surface area contributed by atoms with E-state index in [0.717, 1.165) is 12.1 Å². The minimum absolute atomic E-state index is 0.553. The molecule has 0 spiro atoms. The van der Waals surface area contributed by atoms with Crippen LogP contribution in [0.4, 0.5) is 0 Å². The van der Waals surface area contributed by atoms with Gasteiger partial charge in [0.15, 0.2) is 0 Å². The summed E-state index contributed by atoms with van der Waals surface area (Å²) in [6.45, 7) is 5.24. The van der Waals surface area contributed by atoms with Crippen LogP contribution in [0.3, 0.4) is 0 Å². The SMILES string of the molecule is CCc1cc(C(C)(C)C(=O)O)ncn1. The molecule has 0 fully saturated rings. The van der Waals surface area contributed by atoms with E-state index >= 15 is 0 Å². The Kier molecular flexibility index (Phi) is 2.84. The molecule has 1 aromatic rings. The van der Waals surface area contributed by atoms with E-state index in [1.165, 1.54) is 6.33 Å². The molecule has 0 saturated heterocycles. The van der Waals surface area contributed by atoms with Crippen LogP contribution in [0.15, 0.2) is 12.4 Å². The summed E-state index contributed by atoms with van der Waals surface area (Å²) in [6, 6.07) is 1.74. The van der Waals surface area contributed by atoms with Crippen molar-refractivity contribution < 1.29 is 9.90 Å². The van der Waals surface area contributed by atoms with E-state index in [2.05, 4.69) is 9.97 Å². The van der Waals surface area contributed by atoms with Gasteiger partial charge in [0.05, 0.1) is 5.69 Å². The number of carboxylic acid groups (broad SMARTS) is 1. The van der Waals surface area contributed by atoms with E-state index < -0.39 is 11.4 Å². The lowest BCUT2D eigenvalue weighted by molar-refractivity contribution is -0.142. The van der Waals surface area contributed by atoms with Gasteiger partial charge in [-0.1, -0.05) is 6.92 Å². The molecule has 0 radical (unpaired) electrons. The number of aryl methyl sites for hydroxylation is 1. The average Bonchev–Trinajstić information content (AvgIpc) is 2.17. The molecule has 0 unspecified atom stereocenters. The zero-order chi connectivity index (χ0) is 10.8. The van der Waals surface area contributed by atoms with Crippen LogP contribution in [-0.2, 0) is 16.6 Å². The highest BCUT2D eigenvalue weighted by molar-refractivity contribution is 5.79. The summed E-state index contributed by atoms with van der Waals surface area (Å²) in [5, 5.41) is 9.00. The minimum atomic E-state index is -0.952. The summed E-state index contributed by atoms with van der Waals surface area (Å²) in [5.41, 5.74) is 0.466. The largest absolute Gasteiger partial charge is 0.481 e. The fourth-order valence-corrected chi connectivity index (χ4v) is 1.04. The van der Waals surface area contributed by atoms with Gasteiger partial charge >= 0.3 is 5.97 Å². The Bertz CT molecular complexity index is 348. The van der Waals surface area contributed by atoms with Crippen molar-refractivity contribution in [3.05, 3.63) is 23.8 Å². The average molecular weight is 194 g/mol. The van der Waals surface area contributed by atoms with E-state index in [4.69, 9.17) is 5.11 Å². The molecular weight excluding hydrogens is 180 g/mol. The summed E-state index contributed by atoms with van der Waals surface area (Å²) in [4.78, 5) is 19.0. The maximum Gasteiger partial charge on any atom is 0.315 e. The monoisotopic (exact) mass is 194 g/mol. The van der Waals surface area contributed by atoms with Crippen LogP contribution in [0.25, 0.3) is 0 Å². The molecule has 0 saturated carbocycles. The van der Waals surface area contributed by atoms with Crippen LogP contribution >= 0.6 is 0 Å².